The van der Waals surface area contributed by atoms with E-state index in [1.807, 2.05) is 0 Å². The Bertz CT molecular complexity index is 781. The minimum atomic E-state index is -0.346. The summed E-state index contributed by atoms with van der Waals surface area (Å²) in [6.07, 6.45) is 2.34. The van der Waals surface area contributed by atoms with Gasteiger partial charge in [0.2, 0.25) is 0 Å². The zero-order chi connectivity index (χ0) is 18.6. The van der Waals surface area contributed by atoms with E-state index in [4.69, 9.17) is 14.9 Å². The number of carbonyl (C=O) groups excluding carboxylic acids is 2. The normalized spacial score (nSPS) is 18.7. The zero-order valence-corrected chi connectivity index (χ0v) is 16.0. The lowest BCUT2D eigenvalue weighted by atomic mass is 9.90. The number of nitrogens with zero attached hydrogens (tertiary/aromatic N) is 1. The summed E-state index contributed by atoms with van der Waals surface area (Å²) in [7, 11) is 0. The first-order valence-corrected chi connectivity index (χ1v) is 8.55. The van der Waals surface area contributed by atoms with Gasteiger partial charge in [0.25, 0.3) is 11.8 Å². The molecule has 1 unspecified atom stereocenters. The number of amides is 2. The van der Waals surface area contributed by atoms with Crippen LogP contribution in [0.15, 0.2) is 47.1 Å². The lowest BCUT2D eigenvalue weighted by Crippen LogP contribution is -2.36. The van der Waals surface area contributed by atoms with Gasteiger partial charge in [-0.25, -0.2) is 0 Å². The molecule has 1 aromatic heterocycles. The number of benzene rings is 1. The highest BCUT2D eigenvalue weighted by molar-refractivity contribution is 6.02. The van der Waals surface area contributed by atoms with Gasteiger partial charge in [-0.05, 0) is 42.6 Å². The van der Waals surface area contributed by atoms with Crippen LogP contribution in [0.3, 0.4) is 0 Å². The van der Waals surface area contributed by atoms with E-state index in [2.05, 4.69) is 12.2 Å². The Hall–Kier alpha value is -2.51. The number of ether oxygens (including phenoxy) is 1. The third kappa shape index (κ3) is 5.24. The lowest BCUT2D eigenvalue weighted by molar-refractivity contribution is -0.132. The number of furan rings is 1. The van der Waals surface area contributed by atoms with Crippen LogP contribution < -0.4 is 15.8 Å². The van der Waals surface area contributed by atoms with Gasteiger partial charge in [-0.2, -0.15) is 0 Å². The van der Waals surface area contributed by atoms with Crippen LogP contribution in [0.5, 0.6) is 5.75 Å². The molecule has 7 nitrogen and oxygen atoms in total. The molecule has 27 heavy (non-hydrogen) atoms. The molecule has 1 atom stereocenters. The van der Waals surface area contributed by atoms with Crippen LogP contribution in [0.2, 0.25) is 0 Å². The molecule has 0 radical (unpaired) electrons. The lowest BCUT2D eigenvalue weighted by Gasteiger charge is -2.22. The van der Waals surface area contributed by atoms with E-state index in [1.54, 1.807) is 41.3 Å². The average molecular weight is 394 g/mol. The molecule has 2 aromatic rings. The molecule has 8 heteroatoms. The van der Waals surface area contributed by atoms with Crippen molar-refractivity contribution in [1.29, 1.82) is 0 Å². The van der Waals surface area contributed by atoms with Gasteiger partial charge in [0.15, 0.2) is 12.4 Å². The highest BCUT2D eigenvalue weighted by Gasteiger charge is 2.34. The third-order valence-electron chi connectivity index (χ3n) is 4.60. The number of likely N-dealkylation sites (tertiary alicyclic amines) is 1. The van der Waals surface area contributed by atoms with Crippen molar-refractivity contribution in [1.82, 2.24) is 4.90 Å². The Balaban J connectivity index is 0.00000261. The van der Waals surface area contributed by atoms with E-state index in [9.17, 15) is 9.59 Å². The van der Waals surface area contributed by atoms with Gasteiger partial charge in [0.1, 0.15) is 5.75 Å². The van der Waals surface area contributed by atoms with Crippen LogP contribution in [0.1, 0.15) is 23.9 Å². The monoisotopic (exact) mass is 393 g/mol. The largest absolute Gasteiger partial charge is 0.484 e. The zero-order valence-electron chi connectivity index (χ0n) is 15.1. The molecule has 2 amide bonds. The van der Waals surface area contributed by atoms with Crippen molar-refractivity contribution in [2.75, 3.05) is 31.6 Å². The first kappa shape index (κ1) is 20.8. The van der Waals surface area contributed by atoms with Gasteiger partial charge < -0.3 is 25.1 Å². The summed E-state index contributed by atoms with van der Waals surface area (Å²) in [6.45, 7) is 3.97. The Morgan fingerprint density at radius 2 is 2.15 bits per heavy atom. The summed E-state index contributed by atoms with van der Waals surface area (Å²) < 4.78 is 10.7. The van der Waals surface area contributed by atoms with E-state index in [1.165, 1.54) is 6.26 Å². The summed E-state index contributed by atoms with van der Waals surface area (Å²) in [5.74, 6) is 0.327. The van der Waals surface area contributed by atoms with Crippen LogP contribution in [-0.4, -0.2) is 43.0 Å². The smallest absolute Gasteiger partial charge is 0.291 e. The standard InChI is InChI=1S/C19H23N3O4.ClH/c1-19(12-20)7-8-22(13-19)17(23)11-26-15-5-2-4-14(10-15)21-18(24)16-6-3-9-25-16;/h2-6,9-10H,7-8,11-13,20H2,1H3,(H,21,24);1H. The Kier molecular flexibility index (Phi) is 6.87. The van der Waals surface area contributed by atoms with E-state index in [0.717, 1.165) is 6.42 Å². The van der Waals surface area contributed by atoms with Gasteiger partial charge in [0, 0.05) is 24.8 Å². The van der Waals surface area contributed by atoms with Gasteiger partial charge in [0.05, 0.1) is 6.26 Å². The first-order chi connectivity index (χ1) is 12.5. The van der Waals surface area contributed by atoms with Crippen LogP contribution in [0, 0.1) is 5.41 Å². The molecule has 146 valence electrons. The Labute approximate surface area is 164 Å². The molecule has 0 aliphatic carbocycles. The highest BCUT2D eigenvalue weighted by atomic mass is 35.5. The average Bonchev–Trinajstić information content (AvgIpc) is 3.30. The molecule has 0 spiro atoms. The number of hydrogen-bond donors (Lipinski definition) is 2. The number of rotatable bonds is 6. The fourth-order valence-electron chi connectivity index (χ4n) is 2.90. The van der Waals surface area contributed by atoms with Crippen LogP contribution >= 0.6 is 12.4 Å². The van der Waals surface area contributed by atoms with Crippen molar-refractivity contribution < 1.29 is 18.7 Å². The van der Waals surface area contributed by atoms with Gasteiger partial charge in [-0.3, -0.25) is 9.59 Å². The maximum absolute atomic E-state index is 12.3. The van der Waals surface area contributed by atoms with Crippen molar-refractivity contribution in [2.24, 2.45) is 11.1 Å². The molecule has 3 N–H and O–H groups in total. The fraction of sp³-hybridized carbons (Fsp3) is 0.368. The van der Waals surface area contributed by atoms with Gasteiger partial charge in [-0.1, -0.05) is 13.0 Å². The number of anilines is 1. The SMILES string of the molecule is CC1(CN)CCN(C(=O)COc2cccc(NC(=O)c3ccco3)c2)C1.Cl. The van der Waals surface area contributed by atoms with E-state index in [-0.39, 0.29) is 42.0 Å². The van der Waals surface area contributed by atoms with Crippen LogP contribution in [0.4, 0.5) is 5.69 Å². The van der Waals surface area contributed by atoms with Gasteiger partial charge in [-0.15, -0.1) is 12.4 Å². The molecule has 1 aliphatic heterocycles. The van der Waals surface area contributed by atoms with Crippen molar-refractivity contribution in [3.63, 3.8) is 0 Å². The molecule has 1 saturated heterocycles. The molecule has 3 rings (SSSR count). The molecule has 2 heterocycles. The van der Waals surface area contributed by atoms with Crippen molar-refractivity contribution >= 4 is 29.9 Å². The minimum Gasteiger partial charge on any atom is -0.484 e. The number of carbonyl (C=O) groups is 2. The summed E-state index contributed by atoms with van der Waals surface area (Å²) in [5.41, 5.74) is 6.33. The topological polar surface area (TPSA) is 97.8 Å². The number of hydrogen-bond acceptors (Lipinski definition) is 5. The molecule has 1 aromatic carbocycles. The van der Waals surface area contributed by atoms with Crippen LogP contribution in [0.25, 0.3) is 0 Å². The van der Waals surface area contributed by atoms with Crippen LogP contribution in [-0.2, 0) is 4.79 Å². The summed E-state index contributed by atoms with van der Waals surface area (Å²) in [5, 5.41) is 2.72. The maximum atomic E-state index is 12.3. The van der Waals surface area contributed by atoms with Crippen molar-refractivity contribution in [2.45, 2.75) is 13.3 Å². The summed E-state index contributed by atoms with van der Waals surface area (Å²) in [4.78, 5) is 26.1. The minimum absolute atomic E-state index is 0. The number of nitrogens with one attached hydrogen (secondary N) is 1. The van der Waals surface area contributed by atoms with Crippen molar-refractivity contribution in [3.05, 3.63) is 48.4 Å². The van der Waals surface area contributed by atoms with E-state index >= 15 is 0 Å². The first-order valence-electron chi connectivity index (χ1n) is 8.55. The van der Waals surface area contributed by atoms with E-state index < -0.39 is 0 Å². The van der Waals surface area contributed by atoms with E-state index in [0.29, 0.717) is 31.1 Å². The molecule has 0 bridgehead atoms. The molecule has 1 fully saturated rings. The molecular weight excluding hydrogens is 370 g/mol. The Morgan fingerprint density at radius 3 is 2.81 bits per heavy atom. The van der Waals surface area contributed by atoms with Gasteiger partial charge >= 0.3 is 0 Å². The summed E-state index contributed by atoms with van der Waals surface area (Å²) in [6, 6.07) is 10.1. The summed E-state index contributed by atoms with van der Waals surface area (Å²) >= 11 is 0. The second-order valence-corrected chi connectivity index (χ2v) is 6.83. The third-order valence-corrected chi connectivity index (χ3v) is 4.60. The van der Waals surface area contributed by atoms with Crippen molar-refractivity contribution in [3.8, 4) is 5.75 Å². The second-order valence-electron chi connectivity index (χ2n) is 6.83. The predicted molar refractivity (Wildman–Crippen MR) is 104 cm³/mol. The number of nitrogens with two attached hydrogens (primary N) is 1. The fourth-order valence-corrected chi connectivity index (χ4v) is 2.90. The molecular formula is C19H24ClN3O4. The predicted octanol–water partition coefficient (Wildman–Crippen LogP) is 2.53. The molecule has 1 aliphatic rings. The quantitative estimate of drug-likeness (QED) is 0.785. The second kappa shape index (κ2) is 8.92. The highest BCUT2D eigenvalue weighted by Crippen LogP contribution is 2.28. The Morgan fingerprint density at radius 1 is 1.33 bits per heavy atom. The maximum Gasteiger partial charge on any atom is 0.291 e. The molecule has 0 saturated carbocycles. The number of halogens is 1.